The number of nitro groups is 1. The first kappa shape index (κ1) is 28.5. The zero-order valence-electron chi connectivity index (χ0n) is 23.2. The minimum absolute atomic E-state index is 0.0692. The van der Waals surface area contributed by atoms with E-state index in [9.17, 15) is 14.5 Å². The standard InChI is InChI=1S/C33H40FN3O2/c1-3-26(2)35-22-9-23-36(25-24-35)30-17-13-28(14-18-30)33(29-15-19-31(20-16-29)37(38)39)32(12-7-8-21-34)27-10-5-4-6-11-27/h4-6,10-11,13-20,26H,3,7-9,12,21-25H2,1-2H3/b33-32+. The molecule has 4 rings (SSSR count). The first-order valence-electron chi connectivity index (χ1n) is 14.2. The number of benzene rings is 3. The third kappa shape index (κ3) is 7.33. The van der Waals surface area contributed by atoms with Crippen molar-refractivity contribution >= 4 is 22.5 Å². The summed E-state index contributed by atoms with van der Waals surface area (Å²) >= 11 is 0. The highest BCUT2D eigenvalue weighted by atomic mass is 19.1. The van der Waals surface area contributed by atoms with Crippen molar-refractivity contribution < 1.29 is 9.31 Å². The molecule has 1 heterocycles. The second kappa shape index (κ2) is 14.0. The van der Waals surface area contributed by atoms with Gasteiger partial charge in [-0.25, -0.2) is 0 Å². The summed E-state index contributed by atoms with van der Waals surface area (Å²) in [5.41, 5.74) is 6.52. The Hall–Kier alpha value is -3.51. The van der Waals surface area contributed by atoms with Crippen molar-refractivity contribution in [3.8, 4) is 0 Å². The highest BCUT2D eigenvalue weighted by Gasteiger charge is 2.20. The molecule has 1 aliphatic heterocycles. The average molecular weight is 530 g/mol. The summed E-state index contributed by atoms with van der Waals surface area (Å²) in [5, 5.41) is 11.3. The number of nitrogens with zero attached hydrogens (tertiary/aromatic N) is 3. The molecule has 0 aromatic heterocycles. The van der Waals surface area contributed by atoms with E-state index in [4.69, 9.17) is 0 Å². The van der Waals surface area contributed by atoms with E-state index in [0.29, 0.717) is 12.5 Å². The van der Waals surface area contributed by atoms with Crippen LogP contribution in [0.3, 0.4) is 0 Å². The molecule has 1 saturated heterocycles. The molecule has 0 amide bonds. The zero-order valence-corrected chi connectivity index (χ0v) is 23.2. The van der Waals surface area contributed by atoms with Gasteiger partial charge in [0.25, 0.3) is 5.69 Å². The van der Waals surface area contributed by atoms with Gasteiger partial charge in [0.15, 0.2) is 0 Å². The minimum Gasteiger partial charge on any atom is -0.370 e. The summed E-state index contributed by atoms with van der Waals surface area (Å²) in [5.74, 6) is 0. The predicted molar refractivity (Wildman–Crippen MR) is 160 cm³/mol. The molecule has 0 radical (unpaired) electrons. The van der Waals surface area contributed by atoms with Crippen LogP contribution in [-0.2, 0) is 0 Å². The van der Waals surface area contributed by atoms with Crippen molar-refractivity contribution in [2.75, 3.05) is 37.8 Å². The van der Waals surface area contributed by atoms with E-state index in [1.54, 1.807) is 12.1 Å². The molecule has 206 valence electrons. The lowest BCUT2D eigenvalue weighted by molar-refractivity contribution is -0.384. The lowest BCUT2D eigenvalue weighted by atomic mass is 9.87. The Balaban J connectivity index is 1.72. The lowest BCUT2D eigenvalue weighted by Gasteiger charge is -2.27. The zero-order chi connectivity index (χ0) is 27.6. The normalized spacial score (nSPS) is 15.9. The molecule has 1 aliphatic rings. The second-order valence-corrected chi connectivity index (χ2v) is 10.4. The fourth-order valence-corrected chi connectivity index (χ4v) is 5.45. The molecule has 0 saturated carbocycles. The van der Waals surface area contributed by atoms with Crippen molar-refractivity contribution in [2.45, 2.75) is 52.0 Å². The second-order valence-electron chi connectivity index (χ2n) is 10.4. The Labute approximate surface area is 232 Å². The van der Waals surface area contributed by atoms with E-state index in [0.717, 1.165) is 73.3 Å². The molecule has 0 spiro atoms. The van der Waals surface area contributed by atoms with Crippen molar-refractivity contribution in [1.82, 2.24) is 4.90 Å². The third-order valence-corrected chi connectivity index (χ3v) is 7.87. The first-order chi connectivity index (χ1) is 19.0. The first-order valence-corrected chi connectivity index (χ1v) is 14.2. The number of anilines is 1. The summed E-state index contributed by atoms with van der Waals surface area (Å²) in [7, 11) is 0. The van der Waals surface area contributed by atoms with Crippen LogP contribution in [0.15, 0.2) is 78.9 Å². The van der Waals surface area contributed by atoms with E-state index < -0.39 is 0 Å². The Morgan fingerprint density at radius 1 is 0.872 bits per heavy atom. The molecule has 5 nitrogen and oxygen atoms in total. The van der Waals surface area contributed by atoms with Crippen LogP contribution in [-0.4, -0.2) is 48.7 Å². The molecule has 1 unspecified atom stereocenters. The molecule has 0 N–H and O–H groups in total. The SMILES string of the molecule is CCC(C)N1CCCN(c2ccc(/C(=C(/CCCCF)c3ccccc3)c3ccc([N+](=O)[O-])cc3)cc2)CC1. The van der Waals surface area contributed by atoms with Gasteiger partial charge < -0.3 is 4.90 Å². The molecule has 39 heavy (non-hydrogen) atoms. The fourth-order valence-electron chi connectivity index (χ4n) is 5.45. The molecule has 3 aromatic carbocycles. The van der Waals surface area contributed by atoms with E-state index >= 15 is 0 Å². The number of allylic oxidation sites excluding steroid dienone is 1. The third-order valence-electron chi connectivity index (χ3n) is 7.87. The maximum absolute atomic E-state index is 13.1. The fraction of sp³-hybridized carbons (Fsp3) is 0.394. The smallest absolute Gasteiger partial charge is 0.269 e. The summed E-state index contributed by atoms with van der Waals surface area (Å²) in [6, 6.07) is 26.3. The van der Waals surface area contributed by atoms with Crippen LogP contribution in [0.1, 0.15) is 62.6 Å². The Bertz CT molecular complexity index is 1230. The highest BCUT2D eigenvalue weighted by Crippen LogP contribution is 2.37. The summed E-state index contributed by atoms with van der Waals surface area (Å²) < 4.78 is 13.1. The highest BCUT2D eigenvalue weighted by molar-refractivity contribution is 5.98. The maximum atomic E-state index is 13.1. The number of hydrogen-bond acceptors (Lipinski definition) is 4. The van der Waals surface area contributed by atoms with Gasteiger partial charge in [-0.1, -0.05) is 49.4 Å². The van der Waals surface area contributed by atoms with Crippen molar-refractivity contribution in [3.63, 3.8) is 0 Å². The van der Waals surface area contributed by atoms with Crippen molar-refractivity contribution in [1.29, 1.82) is 0 Å². The van der Waals surface area contributed by atoms with Crippen molar-refractivity contribution in [2.24, 2.45) is 0 Å². The van der Waals surface area contributed by atoms with Gasteiger partial charge in [-0.05, 0) is 91.1 Å². The topological polar surface area (TPSA) is 49.6 Å². The largest absolute Gasteiger partial charge is 0.370 e. The van der Waals surface area contributed by atoms with E-state index in [2.05, 4.69) is 60.0 Å². The van der Waals surface area contributed by atoms with Crippen LogP contribution in [0.2, 0.25) is 0 Å². The van der Waals surface area contributed by atoms with Gasteiger partial charge in [0, 0.05) is 50.0 Å². The summed E-state index contributed by atoms with van der Waals surface area (Å²) in [6.45, 7) is 8.47. The van der Waals surface area contributed by atoms with Gasteiger partial charge in [-0.15, -0.1) is 0 Å². The molecular formula is C33H40FN3O2. The van der Waals surface area contributed by atoms with Gasteiger partial charge >= 0.3 is 0 Å². The molecule has 0 bridgehead atoms. The minimum atomic E-state index is -0.370. The number of halogens is 1. The van der Waals surface area contributed by atoms with E-state index in [1.165, 1.54) is 12.1 Å². The number of rotatable bonds is 11. The van der Waals surface area contributed by atoms with Crippen LogP contribution in [0, 0.1) is 10.1 Å². The number of unbranched alkanes of at least 4 members (excludes halogenated alkanes) is 1. The van der Waals surface area contributed by atoms with Crippen molar-refractivity contribution in [3.05, 3.63) is 106 Å². The van der Waals surface area contributed by atoms with E-state index in [-0.39, 0.29) is 17.3 Å². The van der Waals surface area contributed by atoms with Gasteiger partial charge in [0.1, 0.15) is 0 Å². The Kier molecular flexibility index (Phi) is 10.3. The van der Waals surface area contributed by atoms with Gasteiger partial charge in [0.05, 0.1) is 11.6 Å². The Morgan fingerprint density at radius 3 is 2.15 bits per heavy atom. The Morgan fingerprint density at radius 2 is 1.54 bits per heavy atom. The lowest BCUT2D eigenvalue weighted by Crippen LogP contribution is -2.36. The van der Waals surface area contributed by atoms with E-state index in [1.807, 2.05) is 30.3 Å². The van der Waals surface area contributed by atoms with Crippen LogP contribution >= 0.6 is 0 Å². The number of hydrogen-bond donors (Lipinski definition) is 0. The molecule has 0 aliphatic carbocycles. The van der Waals surface area contributed by atoms with Crippen LogP contribution in [0.4, 0.5) is 15.8 Å². The van der Waals surface area contributed by atoms with Crippen LogP contribution in [0.25, 0.3) is 11.1 Å². The number of alkyl halides is 1. The van der Waals surface area contributed by atoms with Crippen LogP contribution in [0.5, 0.6) is 0 Å². The van der Waals surface area contributed by atoms with Gasteiger partial charge in [-0.2, -0.15) is 0 Å². The number of non-ortho nitro benzene ring substituents is 1. The molecule has 1 atom stereocenters. The molecule has 3 aromatic rings. The van der Waals surface area contributed by atoms with Crippen LogP contribution < -0.4 is 4.90 Å². The number of nitro benzene ring substituents is 1. The monoisotopic (exact) mass is 529 g/mol. The van der Waals surface area contributed by atoms with Gasteiger partial charge in [0.2, 0.25) is 0 Å². The quantitative estimate of drug-likeness (QED) is 0.109. The maximum Gasteiger partial charge on any atom is 0.269 e. The summed E-state index contributed by atoms with van der Waals surface area (Å²) in [6.07, 6.45) is 4.27. The molecular weight excluding hydrogens is 489 g/mol. The predicted octanol–water partition coefficient (Wildman–Crippen LogP) is 8.00. The molecule has 1 fully saturated rings. The average Bonchev–Trinajstić information content (AvgIpc) is 3.24. The molecule has 6 heteroatoms. The summed E-state index contributed by atoms with van der Waals surface area (Å²) in [4.78, 5) is 16.0. The van der Waals surface area contributed by atoms with Gasteiger partial charge in [-0.3, -0.25) is 19.4 Å².